The molecule has 0 atom stereocenters. The van der Waals surface area contributed by atoms with E-state index in [2.05, 4.69) is 5.10 Å². The predicted octanol–water partition coefficient (Wildman–Crippen LogP) is 1.59. The van der Waals surface area contributed by atoms with Crippen LogP contribution in [0.15, 0.2) is 17.3 Å². The Morgan fingerprint density at radius 3 is 2.44 bits per heavy atom. The van der Waals surface area contributed by atoms with Crippen molar-refractivity contribution in [3.63, 3.8) is 0 Å². The highest BCUT2D eigenvalue weighted by molar-refractivity contribution is 8.13. The number of halogens is 1. The number of carbonyl (C=O) groups is 1. The van der Waals surface area contributed by atoms with E-state index in [1.165, 1.54) is 0 Å². The number of nitrogens with zero attached hydrogens (tertiary/aromatic N) is 2. The summed E-state index contributed by atoms with van der Waals surface area (Å²) in [5, 5.41) is 3.55. The van der Waals surface area contributed by atoms with E-state index in [1.807, 2.05) is 0 Å². The first-order valence-electron chi connectivity index (χ1n) is 4.32. The van der Waals surface area contributed by atoms with Gasteiger partial charge in [-0.2, -0.15) is 9.78 Å². The van der Waals surface area contributed by atoms with Crippen LogP contribution in [-0.2, 0) is 13.8 Å². The van der Waals surface area contributed by atoms with Gasteiger partial charge in [0.15, 0.2) is 0 Å². The first kappa shape index (κ1) is 13.0. The van der Waals surface area contributed by atoms with Gasteiger partial charge < -0.3 is 4.74 Å². The number of aromatic nitrogens is 2. The molecular formula is C8H11ClN2O4S. The molecule has 0 bridgehead atoms. The Kier molecular flexibility index (Phi) is 3.30. The van der Waals surface area contributed by atoms with Gasteiger partial charge in [0.2, 0.25) is 0 Å². The molecule has 0 radical (unpaired) electrons. The normalized spacial score (nSPS) is 12.5. The molecule has 0 aliphatic rings. The van der Waals surface area contributed by atoms with Crippen LogP contribution in [0.3, 0.4) is 0 Å². The van der Waals surface area contributed by atoms with E-state index in [4.69, 9.17) is 15.4 Å². The van der Waals surface area contributed by atoms with Crippen LogP contribution >= 0.6 is 10.7 Å². The Bertz CT molecular complexity index is 500. The highest BCUT2D eigenvalue weighted by Crippen LogP contribution is 2.14. The van der Waals surface area contributed by atoms with Crippen LogP contribution in [0.4, 0.5) is 4.79 Å². The highest BCUT2D eigenvalue weighted by atomic mass is 35.7. The minimum atomic E-state index is -3.88. The van der Waals surface area contributed by atoms with E-state index >= 15 is 0 Å². The van der Waals surface area contributed by atoms with E-state index < -0.39 is 20.7 Å². The Morgan fingerprint density at radius 1 is 1.50 bits per heavy atom. The number of hydrogen-bond acceptors (Lipinski definition) is 5. The molecule has 0 fully saturated rings. The van der Waals surface area contributed by atoms with E-state index in [-0.39, 0.29) is 4.90 Å². The van der Waals surface area contributed by atoms with Crippen molar-refractivity contribution >= 4 is 25.8 Å². The molecule has 1 aromatic rings. The number of ether oxygens (including phenoxy) is 1. The summed E-state index contributed by atoms with van der Waals surface area (Å²) in [5.74, 6) is 0. The van der Waals surface area contributed by atoms with Gasteiger partial charge in [0.25, 0.3) is 9.05 Å². The van der Waals surface area contributed by atoms with Gasteiger partial charge in [0.1, 0.15) is 10.5 Å². The second kappa shape index (κ2) is 4.06. The summed E-state index contributed by atoms with van der Waals surface area (Å²) in [4.78, 5) is 11.2. The van der Waals surface area contributed by atoms with Crippen molar-refractivity contribution in [2.24, 2.45) is 0 Å². The lowest BCUT2D eigenvalue weighted by molar-refractivity contribution is 0.0514. The fourth-order valence-corrected chi connectivity index (χ4v) is 1.48. The maximum absolute atomic E-state index is 11.4. The second-order valence-corrected chi connectivity index (χ2v) is 6.60. The van der Waals surface area contributed by atoms with E-state index in [0.29, 0.717) is 0 Å². The molecule has 8 heteroatoms. The van der Waals surface area contributed by atoms with E-state index in [9.17, 15) is 13.2 Å². The quantitative estimate of drug-likeness (QED) is 0.722. The zero-order chi connectivity index (χ0) is 12.6. The van der Waals surface area contributed by atoms with Crippen LogP contribution in [-0.4, -0.2) is 29.9 Å². The van der Waals surface area contributed by atoms with Gasteiger partial charge >= 0.3 is 6.09 Å². The van der Waals surface area contributed by atoms with Crippen molar-refractivity contribution in [1.29, 1.82) is 0 Å². The van der Waals surface area contributed by atoms with Crippen molar-refractivity contribution in [2.45, 2.75) is 31.3 Å². The lowest BCUT2D eigenvalue weighted by atomic mass is 10.2. The molecule has 0 saturated heterocycles. The van der Waals surface area contributed by atoms with Crippen LogP contribution in [0.5, 0.6) is 0 Å². The van der Waals surface area contributed by atoms with Gasteiger partial charge in [-0.05, 0) is 20.8 Å². The molecule has 90 valence electrons. The Balaban J connectivity index is 2.92. The molecule has 0 aliphatic carbocycles. The highest BCUT2D eigenvalue weighted by Gasteiger charge is 2.20. The molecular weight excluding hydrogens is 256 g/mol. The second-order valence-electron chi connectivity index (χ2n) is 4.04. The molecule has 1 heterocycles. The average molecular weight is 267 g/mol. The largest absolute Gasteiger partial charge is 0.442 e. The molecule has 0 spiro atoms. The topological polar surface area (TPSA) is 78.3 Å². The predicted molar refractivity (Wildman–Crippen MR) is 56.9 cm³/mol. The van der Waals surface area contributed by atoms with Crippen LogP contribution in [0.25, 0.3) is 0 Å². The van der Waals surface area contributed by atoms with Gasteiger partial charge in [-0.25, -0.2) is 13.2 Å². The van der Waals surface area contributed by atoms with E-state index in [0.717, 1.165) is 17.1 Å². The smallest absolute Gasteiger partial charge is 0.435 e. The Morgan fingerprint density at radius 2 is 2.06 bits per heavy atom. The summed E-state index contributed by atoms with van der Waals surface area (Å²) in [6.07, 6.45) is 1.21. The summed E-state index contributed by atoms with van der Waals surface area (Å²) in [5.41, 5.74) is -0.678. The monoisotopic (exact) mass is 266 g/mol. The Labute approximate surface area is 97.6 Å². The lowest BCUT2D eigenvalue weighted by Crippen LogP contribution is -2.27. The van der Waals surface area contributed by atoms with E-state index in [1.54, 1.807) is 20.8 Å². The zero-order valence-corrected chi connectivity index (χ0v) is 10.5. The molecule has 1 aromatic heterocycles. The minimum absolute atomic E-state index is 0.250. The first-order chi connectivity index (χ1) is 7.09. The maximum Gasteiger partial charge on any atom is 0.435 e. The zero-order valence-electron chi connectivity index (χ0n) is 8.97. The van der Waals surface area contributed by atoms with Crippen molar-refractivity contribution in [3.8, 4) is 0 Å². The number of carbonyl (C=O) groups excluding carboxylic acids is 1. The van der Waals surface area contributed by atoms with Crippen LogP contribution in [0.1, 0.15) is 20.8 Å². The minimum Gasteiger partial charge on any atom is -0.442 e. The SMILES string of the molecule is CC(C)(C)OC(=O)n1cc(S(=O)(=O)Cl)cn1. The van der Waals surface area contributed by atoms with Gasteiger partial charge in [0.05, 0.1) is 12.4 Å². The maximum atomic E-state index is 11.4. The third-order valence-corrected chi connectivity index (χ3v) is 2.73. The van der Waals surface area contributed by atoms with Crippen LogP contribution < -0.4 is 0 Å². The molecule has 0 amide bonds. The van der Waals surface area contributed by atoms with Crippen molar-refractivity contribution in [2.75, 3.05) is 0 Å². The molecule has 0 aliphatic heterocycles. The van der Waals surface area contributed by atoms with Gasteiger partial charge in [-0.15, -0.1) is 0 Å². The summed E-state index contributed by atoms with van der Waals surface area (Å²) in [7, 11) is 1.20. The molecule has 6 nitrogen and oxygen atoms in total. The number of hydrogen-bond donors (Lipinski definition) is 0. The molecule has 0 aromatic carbocycles. The lowest BCUT2D eigenvalue weighted by Gasteiger charge is -2.18. The Hall–Kier alpha value is -1.08. The van der Waals surface area contributed by atoms with Crippen molar-refractivity contribution in [1.82, 2.24) is 9.78 Å². The van der Waals surface area contributed by atoms with Crippen molar-refractivity contribution in [3.05, 3.63) is 12.4 Å². The van der Waals surface area contributed by atoms with Gasteiger partial charge in [-0.1, -0.05) is 0 Å². The van der Waals surface area contributed by atoms with Gasteiger partial charge in [-0.3, -0.25) is 0 Å². The number of rotatable bonds is 1. The summed E-state index contributed by atoms with van der Waals surface area (Å²) in [6.45, 7) is 5.06. The standard InChI is InChI=1S/C8H11ClN2O4S/c1-8(2,3)15-7(12)11-5-6(4-10-11)16(9,13)14/h4-5H,1-3H3. The summed E-state index contributed by atoms with van der Waals surface area (Å²) < 4.78 is 27.6. The molecule has 16 heavy (non-hydrogen) atoms. The molecule has 0 unspecified atom stereocenters. The third kappa shape index (κ3) is 3.49. The fourth-order valence-electron chi connectivity index (χ4n) is 0.841. The van der Waals surface area contributed by atoms with Crippen LogP contribution in [0, 0.1) is 0 Å². The first-order valence-corrected chi connectivity index (χ1v) is 6.63. The molecule has 1 rings (SSSR count). The summed E-state index contributed by atoms with van der Waals surface area (Å²) in [6, 6.07) is 0. The van der Waals surface area contributed by atoms with Crippen molar-refractivity contribution < 1.29 is 17.9 Å². The molecule has 0 N–H and O–H groups in total. The third-order valence-electron chi connectivity index (χ3n) is 1.42. The van der Waals surface area contributed by atoms with Gasteiger partial charge in [0, 0.05) is 10.7 Å². The molecule has 0 saturated carbocycles. The average Bonchev–Trinajstić information content (AvgIpc) is 2.46. The van der Waals surface area contributed by atoms with Crippen LogP contribution in [0.2, 0.25) is 0 Å². The summed E-state index contributed by atoms with van der Waals surface area (Å²) >= 11 is 0. The fraction of sp³-hybridized carbons (Fsp3) is 0.500.